The van der Waals surface area contributed by atoms with Crippen LogP contribution >= 0.6 is 23.2 Å². The summed E-state index contributed by atoms with van der Waals surface area (Å²) in [5.41, 5.74) is 1.01. The van der Waals surface area contributed by atoms with Crippen LogP contribution in [0.5, 0.6) is 11.5 Å². The summed E-state index contributed by atoms with van der Waals surface area (Å²) in [6.45, 7) is -0.173. The summed E-state index contributed by atoms with van der Waals surface area (Å²) in [4.78, 5) is 25.2. The monoisotopic (exact) mass is 488 g/mol. The third-order valence-electron chi connectivity index (χ3n) is 4.62. The van der Waals surface area contributed by atoms with E-state index in [4.69, 9.17) is 32.7 Å². The van der Waals surface area contributed by atoms with Gasteiger partial charge in [-0.05, 0) is 48.5 Å². The van der Waals surface area contributed by atoms with Crippen LogP contribution < -0.4 is 20.1 Å². The van der Waals surface area contributed by atoms with Gasteiger partial charge in [0.25, 0.3) is 11.8 Å². The smallest absolute Gasteiger partial charge is 0.255 e. The summed E-state index contributed by atoms with van der Waals surface area (Å²) in [5.74, 6) is 0.137. The van der Waals surface area contributed by atoms with E-state index in [0.29, 0.717) is 27.8 Å². The summed E-state index contributed by atoms with van der Waals surface area (Å²) in [6.07, 6.45) is -0.995. The van der Waals surface area contributed by atoms with Gasteiger partial charge in [-0.2, -0.15) is 0 Å². The van der Waals surface area contributed by atoms with Gasteiger partial charge in [0.15, 0.2) is 0 Å². The average molecular weight is 489 g/mol. The van der Waals surface area contributed by atoms with Crippen LogP contribution in [0.15, 0.2) is 66.7 Å². The van der Waals surface area contributed by atoms with Crippen molar-refractivity contribution in [1.82, 2.24) is 5.32 Å². The Morgan fingerprint density at radius 3 is 2.42 bits per heavy atom. The first kappa shape index (κ1) is 24.4. The van der Waals surface area contributed by atoms with Crippen molar-refractivity contribution >= 4 is 40.7 Å². The lowest BCUT2D eigenvalue weighted by Gasteiger charge is -2.15. The summed E-state index contributed by atoms with van der Waals surface area (Å²) in [5, 5.41) is 16.1. The number of rotatable bonds is 9. The largest absolute Gasteiger partial charge is 0.497 e. The van der Waals surface area contributed by atoms with Crippen molar-refractivity contribution < 1.29 is 24.2 Å². The van der Waals surface area contributed by atoms with E-state index in [-0.39, 0.29) is 29.6 Å². The highest BCUT2D eigenvalue weighted by molar-refractivity contribution is 6.42. The highest BCUT2D eigenvalue weighted by Crippen LogP contribution is 2.31. The Labute approximate surface area is 201 Å². The molecule has 172 valence electrons. The summed E-state index contributed by atoms with van der Waals surface area (Å²) >= 11 is 12.0. The molecule has 3 N–H and O–H groups in total. The summed E-state index contributed by atoms with van der Waals surface area (Å²) < 4.78 is 10.6. The minimum Gasteiger partial charge on any atom is -0.497 e. The molecule has 0 aliphatic rings. The van der Waals surface area contributed by atoms with E-state index >= 15 is 0 Å². The predicted octanol–water partition coefficient (Wildman–Crippen LogP) is 4.42. The van der Waals surface area contributed by atoms with Crippen LogP contribution in [0.2, 0.25) is 10.0 Å². The molecule has 33 heavy (non-hydrogen) atoms. The molecule has 7 nitrogen and oxygen atoms in total. The van der Waals surface area contributed by atoms with Gasteiger partial charge in [-0.3, -0.25) is 9.59 Å². The Bertz CT molecular complexity index is 1120. The van der Waals surface area contributed by atoms with Crippen LogP contribution in [0.1, 0.15) is 20.7 Å². The first-order valence-electron chi connectivity index (χ1n) is 9.96. The summed E-state index contributed by atoms with van der Waals surface area (Å²) in [6, 6.07) is 18.1. The van der Waals surface area contributed by atoms with Gasteiger partial charge in [0.05, 0.1) is 23.4 Å². The number of benzene rings is 3. The third-order valence-corrected chi connectivity index (χ3v) is 5.42. The first-order chi connectivity index (χ1) is 15.9. The van der Waals surface area contributed by atoms with Crippen LogP contribution in [-0.4, -0.2) is 43.3 Å². The zero-order valence-electron chi connectivity index (χ0n) is 17.7. The van der Waals surface area contributed by atoms with Crippen LogP contribution in [0.25, 0.3) is 0 Å². The van der Waals surface area contributed by atoms with E-state index in [1.807, 2.05) is 0 Å². The van der Waals surface area contributed by atoms with E-state index < -0.39 is 12.0 Å². The number of carbonyl (C=O) groups excluding carboxylic acids is 2. The zero-order valence-corrected chi connectivity index (χ0v) is 19.2. The molecule has 0 bridgehead atoms. The fourth-order valence-corrected chi connectivity index (χ4v) is 3.22. The molecule has 3 aromatic rings. The van der Waals surface area contributed by atoms with Crippen LogP contribution in [0.4, 0.5) is 5.69 Å². The highest BCUT2D eigenvalue weighted by atomic mass is 35.5. The molecule has 0 saturated carbocycles. The first-order valence-corrected chi connectivity index (χ1v) is 10.7. The molecule has 0 aliphatic heterocycles. The lowest BCUT2D eigenvalue weighted by atomic mass is 10.1. The molecule has 0 fully saturated rings. The van der Waals surface area contributed by atoms with Gasteiger partial charge in [-0.25, -0.2) is 0 Å². The van der Waals surface area contributed by atoms with Crippen LogP contribution in [0, 0.1) is 0 Å². The molecule has 0 radical (unpaired) electrons. The lowest BCUT2D eigenvalue weighted by Crippen LogP contribution is -2.35. The molecular weight excluding hydrogens is 467 g/mol. The molecule has 2 amide bonds. The number of methoxy groups -OCH3 is 1. The topological polar surface area (TPSA) is 96.9 Å². The number of aliphatic hydroxyl groups is 1. The second kappa shape index (κ2) is 11.6. The second-order valence-electron chi connectivity index (χ2n) is 6.96. The van der Waals surface area contributed by atoms with Crippen molar-refractivity contribution in [3.8, 4) is 11.5 Å². The SMILES string of the molecule is COc1ccc(C(=O)Nc2ccccc2C(=O)NCC(O)COc2cccc(Cl)c2Cl)cc1. The molecule has 1 atom stereocenters. The fraction of sp³-hybridized carbons (Fsp3) is 0.167. The van der Waals surface area contributed by atoms with Gasteiger partial charge >= 0.3 is 0 Å². The number of ether oxygens (including phenoxy) is 2. The van der Waals surface area contributed by atoms with Gasteiger partial charge in [0.1, 0.15) is 29.2 Å². The number of aliphatic hydroxyl groups excluding tert-OH is 1. The van der Waals surface area contributed by atoms with Crippen molar-refractivity contribution in [3.05, 3.63) is 87.9 Å². The molecule has 0 spiro atoms. The van der Waals surface area contributed by atoms with Gasteiger partial charge in [-0.15, -0.1) is 0 Å². The molecule has 3 rings (SSSR count). The van der Waals surface area contributed by atoms with Gasteiger partial charge in [-0.1, -0.05) is 41.4 Å². The van der Waals surface area contributed by atoms with Gasteiger partial charge in [0.2, 0.25) is 0 Å². The molecule has 0 saturated heterocycles. The molecule has 0 heterocycles. The molecule has 9 heteroatoms. The number of para-hydroxylation sites is 1. The number of halogens is 2. The van der Waals surface area contributed by atoms with Crippen molar-refractivity contribution in [2.24, 2.45) is 0 Å². The maximum Gasteiger partial charge on any atom is 0.255 e. The van der Waals surface area contributed by atoms with Gasteiger partial charge < -0.3 is 25.2 Å². The summed E-state index contributed by atoms with van der Waals surface area (Å²) in [7, 11) is 1.54. The minimum atomic E-state index is -0.995. The van der Waals surface area contributed by atoms with Crippen LogP contribution in [0.3, 0.4) is 0 Å². The lowest BCUT2D eigenvalue weighted by molar-refractivity contribution is 0.0844. The van der Waals surface area contributed by atoms with E-state index in [0.717, 1.165) is 0 Å². The van der Waals surface area contributed by atoms with Crippen LogP contribution in [-0.2, 0) is 0 Å². The number of hydrogen-bond acceptors (Lipinski definition) is 5. The number of nitrogens with one attached hydrogen (secondary N) is 2. The minimum absolute atomic E-state index is 0.0716. The highest BCUT2D eigenvalue weighted by Gasteiger charge is 2.16. The average Bonchev–Trinajstić information content (AvgIpc) is 2.83. The third kappa shape index (κ3) is 6.61. The van der Waals surface area contributed by atoms with Crippen molar-refractivity contribution in [3.63, 3.8) is 0 Å². The Balaban J connectivity index is 1.57. The second-order valence-corrected chi connectivity index (χ2v) is 7.74. The molecule has 0 aromatic heterocycles. The number of carbonyl (C=O) groups is 2. The van der Waals surface area contributed by atoms with Crippen molar-refractivity contribution in [2.75, 3.05) is 25.6 Å². The molecular formula is C24H22Cl2N2O5. The number of amides is 2. The molecule has 3 aromatic carbocycles. The Hall–Kier alpha value is -3.26. The van der Waals surface area contributed by atoms with Crippen molar-refractivity contribution in [2.45, 2.75) is 6.10 Å². The standard InChI is InChI=1S/C24H22Cl2N2O5/c1-32-17-11-9-15(10-12-17)23(30)28-20-7-3-2-5-18(20)24(31)27-13-16(29)14-33-21-8-4-6-19(25)22(21)26/h2-12,16,29H,13-14H2,1H3,(H,27,31)(H,28,30). The normalized spacial score (nSPS) is 11.4. The quantitative estimate of drug-likeness (QED) is 0.414. The molecule has 1 unspecified atom stereocenters. The fourth-order valence-electron chi connectivity index (χ4n) is 2.87. The Morgan fingerprint density at radius 1 is 0.970 bits per heavy atom. The maximum atomic E-state index is 12.7. The predicted molar refractivity (Wildman–Crippen MR) is 128 cm³/mol. The zero-order chi connectivity index (χ0) is 23.8. The van der Waals surface area contributed by atoms with Crippen molar-refractivity contribution in [1.29, 1.82) is 0 Å². The Morgan fingerprint density at radius 2 is 1.70 bits per heavy atom. The van der Waals surface area contributed by atoms with E-state index in [1.54, 1.807) is 73.8 Å². The van der Waals surface area contributed by atoms with E-state index in [2.05, 4.69) is 10.6 Å². The van der Waals surface area contributed by atoms with Gasteiger partial charge in [0, 0.05) is 12.1 Å². The molecule has 0 aliphatic carbocycles. The van der Waals surface area contributed by atoms with E-state index in [1.165, 1.54) is 0 Å². The number of anilines is 1. The maximum absolute atomic E-state index is 12.7. The van der Waals surface area contributed by atoms with E-state index in [9.17, 15) is 14.7 Å². The Kier molecular flexibility index (Phi) is 8.54. The number of hydrogen-bond donors (Lipinski definition) is 3.